The van der Waals surface area contributed by atoms with E-state index >= 15 is 0 Å². The van der Waals surface area contributed by atoms with Crippen molar-refractivity contribution in [2.24, 2.45) is 5.73 Å². The molecule has 1 aromatic rings. The van der Waals surface area contributed by atoms with Gasteiger partial charge in [-0.2, -0.15) is 0 Å². The van der Waals surface area contributed by atoms with Crippen LogP contribution in [0.25, 0.3) is 0 Å². The van der Waals surface area contributed by atoms with E-state index in [2.05, 4.69) is 0 Å². The van der Waals surface area contributed by atoms with E-state index in [0.717, 1.165) is 12.0 Å². The fourth-order valence-electron chi connectivity index (χ4n) is 2.33. The summed E-state index contributed by atoms with van der Waals surface area (Å²) in [7, 11) is 1.62. The molecule has 22 heavy (non-hydrogen) atoms. The first kappa shape index (κ1) is 16.5. The van der Waals surface area contributed by atoms with Crippen LogP contribution >= 0.6 is 0 Å². The largest absolute Gasteiger partial charge is 0.489 e. The first-order valence-corrected chi connectivity index (χ1v) is 7.21. The third kappa shape index (κ3) is 3.84. The number of halogens is 1. The highest BCUT2D eigenvalue weighted by Crippen LogP contribution is 2.24. The number of carbonyl (C=O) groups excluding carboxylic acids is 1. The van der Waals surface area contributed by atoms with Gasteiger partial charge >= 0.3 is 0 Å². The number of benzene rings is 1. The zero-order valence-electron chi connectivity index (χ0n) is 12.7. The average Bonchev–Trinajstić information content (AvgIpc) is 2.55. The van der Waals surface area contributed by atoms with Crippen molar-refractivity contribution < 1.29 is 18.7 Å². The Morgan fingerprint density at radius 1 is 1.50 bits per heavy atom. The standard InChI is InChI=1S/C16H21FN2O3/c1-21-7-6-19-5-4-13-8-14(2-3-15(13)16(19)20)22-11-12(9-17)10-18/h2-3,8-9H,4-7,10-11,18H2,1H3/b12-9-. The summed E-state index contributed by atoms with van der Waals surface area (Å²) in [6.45, 7) is 2.01. The molecule has 1 aliphatic heterocycles. The molecular weight excluding hydrogens is 287 g/mol. The molecule has 0 fully saturated rings. The number of nitrogens with zero attached hydrogens (tertiary/aromatic N) is 1. The van der Waals surface area contributed by atoms with Gasteiger partial charge in [0.15, 0.2) is 0 Å². The SMILES string of the molecule is COCCN1CCc2cc(OC/C(=C\F)CN)ccc2C1=O. The van der Waals surface area contributed by atoms with Gasteiger partial charge in [-0.1, -0.05) is 0 Å². The summed E-state index contributed by atoms with van der Waals surface area (Å²) in [4.78, 5) is 14.1. The van der Waals surface area contributed by atoms with Gasteiger partial charge < -0.3 is 20.1 Å². The number of nitrogens with two attached hydrogens (primary N) is 1. The van der Waals surface area contributed by atoms with Crippen LogP contribution in [0.4, 0.5) is 4.39 Å². The van der Waals surface area contributed by atoms with Crippen molar-refractivity contribution in [1.29, 1.82) is 0 Å². The molecule has 6 heteroatoms. The third-order valence-corrected chi connectivity index (χ3v) is 3.65. The van der Waals surface area contributed by atoms with E-state index in [9.17, 15) is 9.18 Å². The Morgan fingerprint density at radius 3 is 3.00 bits per heavy atom. The molecule has 0 atom stereocenters. The van der Waals surface area contributed by atoms with Crippen LogP contribution in [-0.2, 0) is 11.2 Å². The van der Waals surface area contributed by atoms with Crippen LogP contribution in [0.1, 0.15) is 15.9 Å². The summed E-state index contributed by atoms with van der Waals surface area (Å²) in [5, 5.41) is 0. The Morgan fingerprint density at radius 2 is 2.32 bits per heavy atom. The third-order valence-electron chi connectivity index (χ3n) is 3.65. The molecule has 0 aromatic heterocycles. The van der Waals surface area contributed by atoms with Gasteiger partial charge in [0.05, 0.1) is 12.9 Å². The molecule has 0 unspecified atom stereocenters. The van der Waals surface area contributed by atoms with Gasteiger partial charge in [-0.25, -0.2) is 4.39 Å². The molecule has 120 valence electrons. The van der Waals surface area contributed by atoms with Crippen molar-refractivity contribution >= 4 is 5.91 Å². The lowest BCUT2D eigenvalue weighted by Crippen LogP contribution is -2.39. The predicted octanol–water partition coefficient (Wildman–Crippen LogP) is 1.52. The van der Waals surface area contributed by atoms with Crippen molar-refractivity contribution in [3.05, 3.63) is 41.2 Å². The zero-order chi connectivity index (χ0) is 15.9. The molecule has 0 spiro atoms. The van der Waals surface area contributed by atoms with Gasteiger partial charge in [-0.05, 0) is 30.2 Å². The smallest absolute Gasteiger partial charge is 0.254 e. The van der Waals surface area contributed by atoms with Crippen LogP contribution in [0.2, 0.25) is 0 Å². The Bertz CT molecular complexity index is 560. The van der Waals surface area contributed by atoms with Crippen LogP contribution < -0.4 is 10.5 Å². The molecule has 5 nitrogen and oxygen atoms in total. The number of ether oxygens (including phenoxy) is 2. The van der Waals surface area contributed by atoms with E-state index in [-0.39, 0.29) is 19.1 Å². The maximum absolute atomic E-state index is 12.4. The van der Waals surface area contributed by atoms with Crippen LogP contribution in [0.15, 0.2) is 30.1 Å². The van der Waals surface area contributed by atoms with E-state index in [1.807, 2.05) is 6.07 Å². The zero-order valence-corrected chi connectivity index (χ0v) is 12.7. The molecule has 2 rings (SSSR count). The van der Waals surface area contributed by atoms with Gasteiger partial charge in [-0.15, -0.1) is 0 Å². The van der Waals surface area contributed by atoms with E-state index in [1.54, 1.807) is 24.1 Å². The van der Waals surface area contributed by atoms with E-state index in [1.165, 1.54) is 0 Å². The molecule has 0 radical (unpaired) electrons. The number of carbonyl (C=O) groups is 1. The minimum Gasteiger partial charge on any atom is -0.489 e. The van der Waals surface area contributed by atoms with Crippen molar-refractivity contribution in [3.8, 4) is 5.75 Å². The fourth-order valence-corrected chi connectivity index (χ4v) is 2.33. The maximum Gasteiger partial charge on any atom is 0.254 e. The highest BCUT2D eigenvalue weighted by molar-refractivity contribution is 5.96. The van der Waals surface area contributed by atoms with Gasteiger partial charge in [0.25, 0.3) is 5.91 Å². The summed E-state index contributed by atoms with van der Waals surface area (Å²) in [6, 6.07) is 5.32. The number of rotatable bonds is 7. The Balaban J connectivity index is 2.05. The molecule has 2 N–H and O–H groups in total. The minimum atomic E-state index is 0.0103. The lowest BCUT2D eigenvalue weighted by molar-refractivity contribution is 0.0679. The Labute approximate surface area is 129 Å². The van der Waals surface area contributed by atoms with Crippen molar-refractivity contribution in [1.82, 2.24) is 4.90 Å². The lowest BCUT2D eigenvalue weighted by Gasteiger charge is -2.28. The molecule has 0 saturated heterocycles. The van der Waals surface area contributed by atoms with Crippen molar-refractivity contribution in [2.75, 3.05) is 40.0 Å². The quantitative estimate of drug-likeness (QED) is 0.829. The summed E-state index contributed by atoms with van der Waals surface area (Å²) in [5.74, 6) is 0.626. The summed E-state index contributed by atoms with van der Waals surface area (Å²) in [6.07, 6.45) is 1.24. The Kier molecular flexibility index (Phi) is 5.91. The molecule has 1 amide bonds. The summed E-state index contributed by atoms with van der Waals surface area (Å²) in [5.41, 5.74) is 7.41. The molecule has 1 aromatic carbocycles. The van der Waals surface area contributed by atoms with Gasteiger partial charge in [0.2, 0.25) is 0 Å². The highest BCUT2D eigenvalue weighted by atomic mass is 19.1. The molecular formula is C16H21FN2O3. The Hall–Kier alpha value is -1.92. The number of methoxy groups -OCH3 is 1. The number of hydrogen-bond donors (Lipinski definition) is 1. The number of hydrogen-bond acceptors (Lipinski definition) is 4. The molecule has 1 heterocycles. The highest BCUT2D eigenvalue weighted by Gasteiger charge is 2.24. The topological polar surface area (TPSA) is 64.8 Å². The maximum atomic E-state index is 12.4. The first-order chi connectivity index (χ1) is 10.7. The van der Waals surface area contributed by atoms with Gasteiger partial charge in [-0.3, -0.25) is 4.79 Å². The summed E-state index contributed by atoms with van der Waals surface area (Å²) >= 11 is 0. The van der Waals surface area contributed by atoms with Crippen LogP contribution in [-0.4, -0.2) is 50.8 Å². The fraction of sp³-hybridized carbons (Fsp3) is 0.438. The lowest BCUT2D eigenvalue weighted by atomic mass is 9.98. The molecule has 0 aliphatic carbocycles. The second-order valence-electron chi connectivity index (χ2n) is 5.11. The molecule has 0 saturated carbocycles. The average molecular weight is 308 g/mol. The van der Waals surface area contributed by atoms with Crippen LogP contribution in [0.3, 0.4) is 0 Å². The van der Waals surface area contributed by atoms with E-state index in [0.29, 0.717) is 42.9 Å². The summed E-state index contributed by atoms with van der Waals surface area (Å²) < 4.78 is 23.0. The molecule has 1 aliphatic rings. The predicted molar refractivity (Wildman–Crippen MR) is 81.7 cm³/mol. The second-order valence-corrected chi connectivity index (χ2v) is 5.11. The number of amides is 1. The monoisotopic (exact) mass is 308 g/mol. The van der Waals surface area contributed by atoms with Gasteiger partial charge in [0, 0.05) is 37.9 Å². The molecule has 0 bridgehead atoms. The second kappa shape index (κ2) is 7.91. The number of fused-ring (bicyclic) bond motifs is 1. The van der Waals surface area contributed by atoms with E-state index in [4.69, 9.17) is 15.2 Å². The normalized spacial score (nSPS) is 15.0. The minimum absolute atomic E-state index is 0.0103. The van der Waals surface area contributed by atoms with Crippen molar-refractivity contribution in [3.63, 3.8) is 0 Å². The van der Waals surface area contributed by atoms with E-state index < -0.39 is 0 Å². The first-order valence-electron chi connectivity index (χ1n) is 7.21. The van der Waals surface area contributed by atoms with Gasteiger partial charge in [0.1, 0.15) is 12.4 Å². The van der Waals surface area contributed by atoms with Crippen LogP contribution in [0, 0.1) is 0 Å². The van der Waals surface area contributed by atoms with Crippen molar-refractivity contribution in [2.45, 2.75) is 6.42 Å². The van der Waals surface area contributed by atoms with Crippen LogP contribution in [0.5, 0.6) is 5.75 Å².